The standard InChI is InChI=1S/C23H27ClN4O6S/c24-17-3-4-18-16(9-17)10-19(25-18)35(32,33)27-11-20(30)28-12-22(34-23(28,13-27)14-29)5-7-26(8-6-22)21(31)15-1-2-15/h3-4,9-10,15,25,29H,1-2,5-8,11-14H2. The Hall–Kier alpha value is -2.18. The van der Waals surface area contributed by atoms with Crippen molar-refractivity contribution >= 4 is 44.3 Å². The number of fused-ring (bicyclic) bond motifs is 2. The Morgan fingerprint density at radius 3 is 2.63 bits per heavy atom. The van der Waals surface area contributed by atoms with Gasteiger partial charge in [-0.1, -0.05) is 11.6 Å². The van der Waals surface area contributed by atoms with E-state index in [2.05, 4.69) is 4.98 Å². The Labute approximate surface area is 207 Å². The number of benzene rings is 1. The van der Waals surface area contributed by atoms with E-state index >= 15 is 0 Å². The third-order valence-corrected chi connectivity index (χ3v) is 9.67. The fraction of sp³-hybridized carbons (Fsp3) is 0.565. The molecule has 1 aromatic heterocycles. The molecule has 12 heteroatoms. The molecule has 1 aromatic carbocycles. The van der Waals surface area contributed by atoms with Crippen LogP contribution in [0.15, 0.2) is 29.3 Å². The molecule has 0 bridgehead atoms. The number of amides is 2. The Kier molecular flexibility index (Phi) is 5.25. The van der Waals surface area contributed by atoms with Crippen LogP contribution < -0.4 is 0 Å². The van der Waals surface area contributed by atoms with Crippen LogP contribution in [-0.2, 0) is 24.3 Å². The summed E-state index contributed by atoms with van der Waals surface area (Å²) in [5, 5.41) is 11.4. The van der Waals surface area contributed by atoms with Gasteiger partial charge in [-0.15, -0.1) is 0 Å². The monoisotopic (exact) mass is 522 g/mol. The van der Waals surface area contributed by atoms with Crippen molar-refractivity contribution in [2.45, 2.75) is 42.0 Å². The minimum absolute atomic E-state index is 0.0521. The molecule has 3 saturated heterocycles. The van der Waals surface area contributed by atoms with E-state index in [1.807, 2.05) is 4.90 Å². The van der Waals surface area contributed by atoms with E-state index in [0.29, 0.717) is 41.9 Å². The van der Waals surface area contributed by atoms with Gasteiger partial charge in [-0.25, -0.2) is 8.42 Å². The first-order chi connectivity index (χ1) is 16.6. The summed E-state index contributed by atoms with van der Waals surface area (Å²) in [4.78, 5) is 31.9. The lowest BCUT2D eigenvalue weighted by Gasteiger charge is -2.44. The number of aliphatic hydroxyl groups excluding tert-OH is 1. The number of halogens is 1. The highest BCUT2D eigenvalue weighted by molar-refractivity contribution is 7.89. The topological polar surface area (TPSA) is 123 Å². The summed E-state index contributed by atoms with van der Waals surface area (Å²) in [5.74, 6) is -0.0912. The third-order valence-electron chi connectivity index (χ3n) is 7.72. The van der Waals surface area contributed by atoms with Gasteiger partial charge in [-0.3, -0.25) is 9.59 Å². The molecule has 4 fully saturated rings. The number of aromatic amines is 1. The molecular formula is C23H27ClN4O6S. The zero-order chi connectivity index (χ0) is 24.6. The second-order valence-electron chi connectivity index (χ2n) is 10.1. The first-order valence-electron chi connectivity index (χ1n) is 11.8. The number of ether oxygens (including phenoxy) is 1. The molecule has 6 rings (SSSR count). The zero-order valence-electron chi connectivity index (χ0n) is 19.1. The molecule has 1 aliphatic carbocycles. The molecule has 0 radical (unpaired) electrons. The SMILES string of the molecule is O=C(C1CC1)N1CCC2(CC1)CN1C(=O)CN(S(=O)(=O)c3cc4cc(Cl)ccc4[nH]3)CC1(CO)O2. The number of H-pyrrole nitrogens is 1. The van der Waals surface area contributed by atoms with Crippen molar-refractivity contribution in [3.63, 3.8) is 0 Å². The van der Waals surface area contributed by atoms with Crippen LogP contribution in [0.25, 0.3) is 10.9 Å². The number of nitrogens with one attached hydrogen (secondary N) is 1. The van der Waals surface area contributed by atoms with E-state index < -0.39 is 33.9 Å². The van der Waals surface area contributed by atoms with Crippen LogP contribution in [0.3, 0.4) is 0 Å². The van der Waals surface area contributed by atoms with Gasteiger partial charge in [0.1, 0.15) is 5.03 Å². The Balaban J connectivity index is 1.25. The molecular weight excluding hydrogens is 496 g/mol. The lowest BCUT2D eigenvalue weighted by Crippen LogP contribution is -2.65. The quantitative estimate of drug-likeness (QED) is 0.621. The first-order valence-corrected chi connectivity index (χ1v) is 13.7. The first kappa shape index (κ1) is 23.2. The fourth-order valence-electron chi connectivity index (χ4n) is 5.60. The summed E-state index contributed by atoms with van der Waals surface area (Å²) in [6, 6.07) is 6.51. The van der Waals surface area contributed by atoms with Gasteiger partial charge >= 0.3 is 0 Å². The number of rotatable bonds is 4. The number of likely N-dealkylation sites (tertiary alicyclic amines) is 1. The number of carbonyl (C=O) groups is 2. The predicted octanol–water partition coefficient (Wildman–Crippen LogP) is 1.14. The number of sulfonamides is 1. The molecule has 1 unspecified atom stereocenters. The number of nitrogens with zero attached hydrogens (tertiary/aromatic N) is 3. The number of aliphatic hydroxyl groups is 1. The largest absolute Gasteiger partial charge is 0.391 e. The van der Waals surface area contributed by atoms with E-state index in [1.54, 1.807) is 18.2 Å². The summed E-state index contributed by atoms with van der Waals surface area (Å²) in [6.45, 7) is 0.277. The molecule has 35 heavy (non-hydrogen) atoms. The van der Waals surface area contributed by atoms with E-state index in [4.69, 9.17) is 16.3 Å². The Morgan fingerprint density at radius 1 is 1.20 bits per heavy atom. The van der Waals surface area contributed by atoms with Gasteiger partial charge < -0.3 is 24.6 Å². The van der Waals surface area contributed by atoms with Crippen molar-refractivity contribution < 1.29 is 27.9 Å². The van der Waals surface area contributed by atoms with Gasteiger partial charge in [0, 0.05) is 34.9 Å². The lowest BCUT2D eigenvalue weighted by molar-refractivity contribution is -0.194. The second kappa shape index (κ2) is 7.91. The maximum atomic E-state index is 13.5. The van der Waals surface area contributed by atoms with Crippen LogP contribution in [0.2, 0.25) is 5.02 Å². The number of piperidine rings is 1. The molecule has 2 amide bonds. The van der Waals surface area contributed by atoms with Gasteiger partial charge in [0.05, 0.1) is 31.8 Å². The summed E-state index contributed by atoms with van der Waals surface area (Å²) in [5.41, 5.74) is -1.56. The minimum Gasteiger partial charge on any atom is -0.391 e. The lowest BCUT2D eigenvalue weighted by atomic mass is 9.91. The number of hydrogen-bond donors (Lipinski definition) is 2. The molecule has 2 aromatic rings. The Bertz CT molecular complexity index is 1320. The molecule has 1 saturated carbocycles. The van der Waals surface area contributed by atoms with Crippen molar-refractivity contribution in [3.05, 3.63) is 29.3 Å². The molecule has 3 aliphatic heterocycles. The average Bonchev–Trinajstić information content (AvgIpc) is 3.51. The highest BCUT2D eigenvalue weighted by atomic mass is 35.5. The van der Waals surface area contributed by atoms with Crippen LogP contribution >= 0.6 is 11.6 Å². The third kappa shape index (κ3) is 3.75. The minimum atomic E-state index is -4.08. The van der Waals surface area contributed by atoms with Crippen molar-refractivity contribution in [1.29, 1.82) is 0 Å². The predicted molar refractivity (Wildman–Crippen MR) is 126 cm³/mol. The highest BCUT2D eigenvalue weighted by Gasteiger charge is 2.61. The van der Waals surface area contributed by atoms with Crippen molar-refractivity contribution in [3.8, 4) is 0 Å². The zero-order valence-corrected chi connectivity index (χ0v) is 20.6. The number of hydrogen-bond acceptors (Lipinski definition) is 6. The van der Waals surface area contributed by atoms with E-state index in [-0.39, 0.29) is 36.5 Å². The van der Waals surface area contributed by atoms with Gasteiger partial charge in [-0.2, -0.15) is 4.31 Å². The average molecular weight is 523 g/mol. The van der Waals surface area contributed by atoms with Crippen molar-refractivity contribution in [2.24, 2.45) is 5.92 Å². The molecule has 1 spiro atoms. The van der Waals surface area contributed by atoms with Crippen LogP contribution in [-0.4, -0.2) is 95.1 Å². The highest BCUT2D eigenvalue weighted by Crippen LogP contribution is 2.44. The fourth-order valence-corrected chi connectivity index (χ4v) is 7.22. The maximum absolute atomic E-state index is 13.5. The molecule has 4 aliphatic rings. The molecule has 1 atom stereocenters. The molecule has 188 valence electrons. The van der Waals surface area contributed by atoms with Crippen molar-refractivity contribution in [2.75, 3.05) is 39.3 Å². The summed E-state index contributed by atoms with van der Waals surface area (Å²) in [7, 11) is -4.08. The number of piperazine rings is 1. The molecule has 2 N–H and O–H groups in total. The summed E-state index contributed by atoms with van der Waals surface area (Å²) >= 11 is 6.03. The van der Waals surface area contributed by atoms with Crippen molar-refractivity contribution in [1.82, 2.24) is 19.1 Å². The van der Waals surface area contributed by atoms with Gasteiger partial charge in [-0.05, 0) is 49.9 Å². The van der Waals surface area contributed by atoms with Gasteiger partial charge in [0.2, 0.25) is 11.8 Å². The Morgan fingerprint density at radius 2 is 1.94 bits per heavy atom. The van der Waals surface area contributed by atoms with E-state index in [1.165, 1.54) is 11.0 Å². The number of carbonyl (C=O) groups excluding carboxylic acids is 2. The normalized spacial score (nSPS) is 27.1. The smallest absolute Gasteiger partial charge is 0.259 e. The van der Waals surface area contributed by atoms with E-state index in [9.17, 15) is 23.1 Å². The summed E-state index contributed by atoms with van der Waals surface area (Å²) < 4.78 is 34.5. The van der Waals surface area contributed by atoms with Crippen LogP contribution in [0, 0.1) is 5.92 Å². The second-order valence-corrected chi connectivity index (χ2v) is 12.4. The number of aromatic nitrogens is 1. The van der Waals surface area contributed by atoms with Gasteiger partial charge in [0.15, 0.2) is 5.72 Å². The van der Waals surface area contributed by atoms with Crippen LogP contribution in [0.1, 0.15) is 25.7 Å². The van der Waals surface area contributed by atoms with E-state index in [0.717, 1.165) is 17.1 Å². The molecule has 10 nitrogen and oxygen atoms in total. The maximum Gasteiger partial charge on any atom is 0.259 e. The van der Waals surface area contributed by atoms with Crippen LogP contribution in [0.4, 0.5) is 0 Å². The summed E-state index contributed by atoms with van der Waals surface area (Å²) in [6.07, 6.45) is 2.96. The molecule has 4 heterocycles. The van der Waals surface area contributed by atoms with Gasteiger partial charge in [0.25, 0.3) is 10.0 Å². The van der Waals surface area contributed by atoms with Crippen LogP contribution in [0.5, 0.6) is 0 Å².